The zero-order valence-electron chi connectivity index (χ0n) is 8.01. The van der Waals surface area contributed by atoms with E-state index in [1.165, 1.54) is 0 Å². The third-order valence-corrected chi connectivity index (χ3v) is 1.68. The Labute approximate surface area is 86.7 Å². The van der Waals surface area contributed by atoms with Gasteiger partial charge in [-0.3, -0.25) is 0 Å². The van der Waals surface area contributed by atoms with Gasteiger partial charge in [0, 0.05) is 0 Å². The first-order chi connectivity index (χ1) is 7.18. The second-order valence-corrected chi connectivity index (χ2v) is 2.84. The van der Waals surface area contributed by atoms with Gasteiger partial charge in [-0.15, -0.1) is 0 Å². The average molecular weight is 209 g/mol. The summed E-state index contributed by atoms with van der Waals surface area (Å²) in [6, 6.07) is 9.42. The minimum absolute atomic E-state index is 0.136. The molecule has 1 rings (SSSR count). The van der Waals surface area contributed by atoms with Gasteiger partial charge >= 0.3 is 12.1 Å². The van der Waals surface area contributed by atoms with Crippen LogP contribution in [0.5, 0.6) is 0 Å². The van der Waals surface area contributed by atoms with Gasteiger partial charge in [-0.2, -0.15) is 0 Å². The van der Waals surface area contributed by atoms with Crippen LogP contribution in [0.3, 0.4) is 0 Å². The molecule has 0 radical (unpaired) electrons. The zero-order chi connectivity index (χ0) is 11.1. The number of hydrogen-bond donors (Lipinski definition) is 1. The molecule has 0 aromatic heterocycles. The van der Waals surface area contributed by atoms with E-state index >= 15 is 0 Å². The Morgan fingerprint density at radius 2 is 1.80 bits per heavy atom. The van der Waals surface area contributed by atoms with E-state index < -0.39 is 12.1 Å². The van der Waals surface area contributed by atoms with Gasteiger partial charge in [-0.1, -0.05) is 30.3 Å². The van der Waals surface area contributed by atoms with E-state index in [0.717, 1.165) is 5.56 Å². The third-order valence-electron chi connectivity index (χ3n) is 1.68. The van der Waals surface area contributed by atoms with Crippen LogP contribution in [0.15, 0.2) is 30.3 Å². The molecule has 0 saturated heterocycles. The quantitative estimate of drug-likeness (QED) is 0.598. The van der Waals surface area contributed by atoms with Crippen LogP contribution in [0.1, 0.15) is 12.0 Å². The van der Waals surface area contributed by atoms with Gasteiger partial charge < -0.3 is 5.73 Å². The predicted octanol–water partition coefficient (Wildman–Crippen LogP) is 1.17. The Kier molecular flexibility index (Phi) is 4.15. The molecule has 15 heavy (non-hydrogen) atoms. The van der Waals surface area contributed by atoms with E-state index in [1.54, 1.807) is 0 Å². The highest BCUT2D eigenvalue weighted by Gasteiger charge is 2.06. The van der Waals surface area contributed by atoms with Gasteiger partial charge in [0.25, 0.3) is 0 Å². The molecule has 0 aliphatic carbocycles. The van der Waals surface area contributed by atoms with E-state index in [9.17, 15) is 9.59 Å². The molecule has 1 amide bonds. The van der Waals surface area contributed by atoms with Crippen LogP contribution in [-0.2, 0) is 21.0 Å². The Balaban J connectivity index is 2.26. The van der Waals surface area contributed by atoms with E-state index in [1.807, 2.05) is 30.3 Å². The van der Waals surface area contributed by atoms with Crippen LogP contribution in [-0.4, -0.2) is 12.1 Å². The van der Waals surface area contributed by atoms with E-state index in [-0.39, 0.29) is 6.42 Å². The fourth-order valence-electron chi connectivity index (χ4n) is 1.02. The van der Waals surface area contributed by atoms with Crippen molar-refractivity contribution in [1.82, 2.24) is 0 Å². The van der Waals surface area contributed by atoms with Gasteiger partial charge in [-0.05, 0) is 12.0 Å². The summed E-state index contributed by atoms with van der Waals surface area (Å²) in [6.45, 7) is 0. The molecule has 0 heterocycles. The number of rotatable bonds is 3. The lowest BCUT2D eigenvalue weighted by atomic mass is 10.1. The number of benzene rings is 1. The molecular weight excluding hydrogens is 198 g/mol. The summed E-state index contributed by atoms with van der Waals surface area (Å²) in [5, 5.41) is 0. The van der Waals surface area contributed by atoms with Crippen molar-refractivity contribution >= 4 is 12.1 Å². The molecule has 0 unspecified atom stereocenters. The Hall–Kier alpha value is -2.04. The van der Waals surface area contributed by atoms with Crippen molar-refractivity contribution in [2.24, 2.45) is 5.73 Å². The van der Waals surface area contributed by atoms with Crippen LogP contribution in [0, 0.1) is 0 Å². The normalized spacial score (nSPS) is 9.33. The summed E-state index contributed by atoms with van der Waals surface area (Å²) < 4.78 is 0. The summed E-state index contributed by atoms with van der Waals surface area (Å²) in [4.78, 5) is 29.1. The largest absolute Gasteiger partial charge is 0.447 e. The molecule has 1 aromatic rings. The maximum absolute atomic E-state index is 11.0. The average Bonchev–Trinajstić information content (AvgIpc) is 2.25. The van der Waals surface area contributed by atoms with Crippen molar-refractivity contribution < 1.29 is 19.4 Å². The molecule has 5 heteroatoms. The van der Waals surface area contributed by atoms with E-state index in [0.29, 0.717) is 6.42 Å². The number of hydrogen-bond acceptors (Lipinski definition) is 4. The Morgan fingerprint density at radius 1 is 1.13 bits per heavy atom. The van der Waals surface area contributed by atoms with Gasteiger partial charge in [0.15, 0.2) is 0 Å². The van der Waals surface area contributed by atoms with Crippen molar-refractivity contribution in [1.29, 1.82) is 0 Å². The van der Waals surface area contributed by atoms with Gasteiger partial charge in [0.2, 0.25) is 0 Å². The summed E-state index contributed by atoms with van der Waals surface area (Å²) >= 11 is 0. The molecule has 0 aliphatic rings. The molecule has 2 N–H and O–H groups in total. The maximum atomic E-state index is 11.0. The second kappa shape index (κ2) is 5.64. The Morgan fingerprint density at radius 3 is 2.40 bits per heavy atom. The van der Waals surface area contributed by atoms with Crippen molar-refractivity contribution in [3.05, 3.63) is 35.9 Å². The molecule has 0 aliphatic heterocycles. The van der Waals surface area contributed by atoms with E-state index in [4.69, 9.17) is 0 Å². The minimum Gasteiger partial charge on any atom is -0.332 e. The highest BCUT2D eigenvalue weighted by Crippen LogP contribution is 2.03. The molecule has 0 saturated carbocycles. The minimum atomic E-state index is -1.14. The van der Waals surface area contributed by atoms with E-state index in [2.05, 4.69) is 15.5 Å². The lowest BCUT2D eigenvalue weighted by molar-refractivity contribution is -0.230. The van der Waals surface area contributed by atoms with Crippen LogP contribution >= 0.6 is 0 Å². The lowest BCUT2D eigenvalue weighted by Crippen LogP contribution is -2.16. The first-order valence-electron chi connectivity index (χ1n) is 4.39. The molecule has 80 valence electrons. The molecule has 1 aromatic carbocycles. The van der Waals surface area contributed by atoms with Gasteiger partial charge in [0.05, 0.1) is 6.42 Å². The standard InChI is InChI=1S/C10H11NO4/c11-10(13)15-14-9(12)7-6-8-4-2-1-3-5-8/h1-5H,6-7H2,(H2,11,13). The monoisotopic (exact) mass is 209 g/mol. The lowest BCUT2D eigenvalue weighted by Gasteiger charge is -2.00. The molecule has 0 fully saturated rings. The summed E-state index contributed by atoms with van der Waals surface area (Å²) in [5.41, 5.74) is 5.62. The van der Waals surface area contributed by atoms with Crippen LogP contribution in [0.25, 0.3) is 0 Å². The topological polar surface area (TPSA) is 78.6 Å². The van der Waals surface area contributed by atoms with Crippen molar-refractivity contribution in [3.63, 3.8) is 0 Å². The molecule has 5 nitrogen and oxygen atoms in total. The van der Waals surface area contributed by atoms with Gasteiger partial charge in [-0.25, -0.2) is 19.4 Å². The number of primary amides is 1. The third kappa shape index (κ3) is 4.66. The number of amides is 1. The fraction of sp³-hybridized carbons (Fsp3) is 0.200. The van der Waals surface area contributed by atoms with Gasteiger partial charge in [0.1, 0.15) is 0 Å². The highest BCUT2D eigenvalue weighted by molar-refractivity contribution is 5.71. The summed E-state index contributed by atoms with van der Waals surface area (Å²) in [5.74, 6) is -0.627. The van der Waals surface area contributed by atoms with Crippen molar-refractivity contribution in [3.8, 4) is 0 Å². The van der Waals surface area contributed by atoms with Crippen LogP contribution in [0.4, 0.5) is 4.79 Å². The Bertz CT molecular complexity index is 337. The fourth-order valence-corrected chi connectivity index (χ4v) is 1.02. The first-order valence-corrected chi connectivity index (χ1v) is 4.39. The first kappa shape index (κ1) is 11.0. The van der Waals surface area contributed by atoms with Crippen LogP contribution in [0.2, 0.25) is 0 Å². The molecule has 0 atom stereocenters. The summed E-state index contributed by atoms with van der Waals surface area (Å²) in [6.07, 6.45) is -0.470. The SMILES string of the molecule is NC(=O)OOC(=O)CCc1ccccc1. The summed E-state index contributed by atoms with van der Waals surface area (Å²) in [7, 11) is 0. The number of nitrogens with two attached hydrogens (primary N) is 1. The second-order valence-electron chi connectivity index (χ2n) is 2.84. The molecule has 0 bridgehead atoms. The number of aryl methyl sites for hydroxylation is 1. The van der Waals surface area contributed by atoms with Crippen LogP contribution < -0.4 is 5.73 Å². The zero-order valence-corrected chi connectivity index (χ0v) is 8.01. The maximum Gasteiger partial charge on any atom is 0.447 e. The van der Waals surface area contributed by atoms with Crippen molar-refractivity contribution in [2.45, 2.75) is 12.8 Å². The predicted molar refractivity (Wildman–Crippen MR) is 51.5 cm³/mol. The molecular formula is C10H11NO4. The number of carbonyl (C=O) groups excluding carboxylic acids is 2. The van der Waals surface area contributed by atoms with Crippen molar-refractivity contribution in [2.75, 3.05) is 0 Å². The highest BCUT2D eigenvalue weighted by atomic mass is 17.2. The molecule has 0 spiro atoms. The number of carbonyl (C=O) groups is 2. The smallest absolute Gasteiger partial charge is 0.332 e.